The molecule has 1 N–H and O–H groups in total. The normalized spacial score (nSPS) is 12.0. The third-order valence-corrected chi connectivity index (χ3v) is 3.67. The number of benzene rings is 2. The number of hydrogen-bond acceptors (Lipinski definition) is 1. The van der Waals surface area contributed by atoms with Crippen LogP contribution in [-0.2, 0) is 12.8 Å². The van der Waals surface area contributed by atoms with E-state index in [0.717, 1.165) is 17.5 Å². The minimum Gasteiger partial charge on any atom is -0.390 e. The molecule has 22 heavy (non-hydrogen) atoms. The summed E-state index contributed by atoms with van der Waals surface area (Å²) in [5.41, 5.74) is 0.797. The summed E-state index contributed by atoms with van der Waals surface area (Å²) in [6, 6.07) is 11.8. The second-order valence-electron chi connectivity index (χ2n) is 4.88. The predicted octanol–water partition coefficient (Wildman–Crippen LogP) is 4.80. The van der Waals surface area contributed by atoms with Crippen LogP contribution in [0.4, 0.5) is 13.2 Å². The molecule has 1 aromatic heterocycles. The molecule has 3 aromatic rings. The number of aliphatic hydroxyl groups is 1. The molecule has 0 aliphatic rings. The summed E-state index contributed by atoms with van der Waals surface area (Å²) < 4.78 is 40.2. The van der Waals surface area contributed by atoms with Crippen LogP contribution in [0.25, 0.3) is 16.6 Å². The highest BCUT2D eigenvalue weighted by Gasteiger charge is 2.30. The summed E-state index contributed by atoms with van der Waals surface area (Å²) in [6.07, 6.45) is -4.42. The largest absolute Gasteiger partial charge is 0.416 e. The highest BCUT2D eigenvalue weighted by atomic mass is 35.5. The van der Waals surface area contributed by atoms with Gasteiger partial charge >= 0.3 is 6.18 Å². The van der Waals surface area contributed by atoms with Gasteiger partial charge in [0, 0.05) is 21.8 Å². The zero-order valence-corrected chi connectivity index (χ0v) is 12.0. The molecule has 0 aliphatic carbocycles. The molecule has 0 saturated heterocycles. The summed E-state index contributed by atoms with van der Waals surface area (Å²) in [5, 5.41) is 10.8. The van der Waals surface area contributed by atoms with E-state index in [-0.39, 0.29) is 6.61 Å². The molecule has 114 valence electrons. The van der Waals surface area contributed by atoms with Gasteiger partial charge in [-0.05, 0) is 42.5 Å². The standard InChI is InChI=1S/C16H11ClF3NO/c17-12-4-5-15-10(6-12)7-14(9-22)21(15)13-3-1-2-11(8-13)16(18,19)20/h1-8,22H,9H2. The van der Waals surface area contributed by atoms with Gasteiger partial charge in [-0.25, -0.2) is 0 Å². The summed E-state index contributed by atoms with van der Waals surface area (Å²) in [7, 11) is 0. The zero-order chi connectivity index (χ0) is 15.9. The number of aromatic nitrogens is 1. The van der Waals surface area contributed by atoms with Crippen LogP contribution in [0.15, 0.2) is 48.5 Å². The Morgan fingerprint density at radius 3 is 2.50 bits per heavy atom. The average Bonchev–Trinajstić information content (AvgIpc) is 2.84. The van der Waals surface area contributed by atoms with Gasteiger partial charge in [0.15, 0.2) is 0 Å². The van der Waals surface area contributed by atoms with E-state index in [1.807, 2.05) is 0 Å². The van der Waals surface area contributed by atoms with Gasteiger partial charge in [-0.3, -0.25) is 0 Å². The van der Waals surface area contributed by atoms with Gasteiger partial charge in [-0.15, -0.1) is 0 Å². The lowest BCUT2D eigenvalue weighted by Crippen LogP contribution is -2.07. The highest BCUT2D eigenvalue weighted by Crippen LogP contribution is 2.32. The highest BCUT2D eigenvalue weighted by molar-refractivity contribution is 6.31. The smallest absolute Gasteiger partial charge is 0.390 e. The van der Waals surface area contributed by atoms with Crippen LogP contribution in [0, 0.1) is 0 Å². The van der Waals surface area contributed by atoms with Crippen molar-refractivity contribution in [2.45, 2.75) is 12.8 Å². The fourth-order valence-electron chi connectivity index (χ4n) is 2.49. The maximum atomic E-state index is 12.9. The van der Waals surface area contributed by atoms with Crippen LogP contribution in [0.2, 0.25) is 5.02 Å². The summed E-state index contributed by atoms with van der Waals surface area (Å²) in [6.45, 7) is -0.289. The van der Waals surface area contributed by atoms with E-state index in [4.69, 9.17) is 11.6 Å². The third-order valence-electron chi connectivity index (χ3n) is 3.43. The number of rotatable bonds is 2. The first-order valence-electron chi connectivity index (χ1n) is 6.48. The Kier molecular flexibility index (Phi) is 3.62. The third kappa shape index (κ3) is 2.58. The van der Waals surface area contributed by atoms with Crippen molar-refractivity contribution >= 4 is 22.5 Å². The van der Waals surface area contributed by atoms with E-state index in [1.165, 1.54) is 6.07 Å². The van der Waals surface area contributed by atoms with Gasteiger partial charge in [0.05, 0.1) is 17.7 Å². The molecule has 0 atom stereocenters. The fourth-order valence-corrected chi connectivity index (χ4v) is 2.67. The SMILES string of the molecule is OCc1cc2cc(Cl)ccc2n1-c1cccc(C(F)(F)F)c1. The second kappa shape index (κ2) is 5.34. The molecule has 2 aromatic carbocycles. The zero-order valence-electron chi connectivity index (χ0n) is 11.2. The van der Waals surface area contributed by atoms with Gasteiger partial charge in [0.1, 0.15) is 0 Å². The van der Waals surface area contributed by atoms with Crippen LogP contribution in [-0.4, -0.2) is 9.67 Å². The van der Waals surface area contributed by atoms with Crippen LogP contribution < -0.4 is 0 Å². The lowest BCUT2D eigenvalue weighted by atomic mass is 10.2. The molecular weight excluding hydrogens is 315 g/mol. The molecular formula is C16H11ClF3NO. The van der Waals surface area contributed by atoms with Crippen LogP contribution in [0.3, 0.4) is 0 Å². The Morgan fingerprint density at radius 2 is 1.82 bits per heavy atom. The Balaban J connectivity index is 2.25. The van der Waals surface area contributed by atoms with E-state index in [0.29, 0.717) is 21.9 Å². The minimum atomic E-state index is -4.42. The molecule has 3 rings (SSSR count). The molecule has 0 bridgehead atoms. The van der Waals surface area contributed by atoms with Crippen molar-refractivity contribution in [3.05, 3.63) is 64.8 Å². The van der Waals surface area contributed by atoms with Gasteiger partial charge < -0.3 is 9.67 Å². The van der Waals surface area contributed by atoms with Crippen molar-refractivity contribution in [1.29, 1.82) is 0 Å². The summed E-state index contributed by atoms with van der Waals surface area (Å²) in [4.78, 5) is 0. The quantitative estimate of drug-likeness (QED) is 0.719. The summed E-state index contributed by atoms with van der Waals surface area (Å²) >= 11 is 5.93. The second-order valence-corrected chi connectivity index (χ2v) is 5.32. The molecule has 0 aliphatic heterocycles. The van der Waals surface area contributed by atoms with Crippen molar-refractivity contribution in [2.75, 3.05) is 0 Å². The van der Waals surface area contributed by atoms with Crippen LogP contribution in [0.1, 0.15) is 11.3 Å². The minimum absolute atomic E-state index is 0.289. The lowest BCUT2D eigenvalue weighted by molar-refractivity contribution is -0.137. The number of alkyl halides is 3. The molecule has 0 spiro atoms. The van der Waals surface area contributed by atoms with Crippen molar-refractivity contribution < 1.29 is 18.3 Å². The topological polar surface area (TPSA) is 25.2 Å². The van der Waals surface area contributed by atoms with Crippen LogP contribution in [0.5, 0.6) is 0 Å². The molecule has 2 nitrogen and oxygen atoms in total. The van der Waals surface area contributed by atoms with Crippen molar-refractivity contribution in [3.63, 3.8) is 0 Å². The average molecular weight is 326 g/mol. The molecule has 0 saturated carbocycles. The first kappa shape index (κ1) is 14.9. The molecule has 0 unspecified atom stereocenters. The number of aliphatic hydroxyl groups excluding tert-OH is 1. The monoisotopic (exact) mass is 325 g/mol. The molecule has 0 radical (unpaired) electrons. The van der Waals surface area contributed by atoms with Gasteiger partial charge in [0.25, 0.3) is 0 Å². The Bertz CT molecular complexity index is 839. The molecule has 0 fully saturated rings. The van der Waals surface area contributed by atoms with Gasteiger partial charge in [-0.1, -0.05) is 17.7 Å². The van der Waals surface area contributed by atoms with Crippen molar-refractivity contribution in [3.8, 4) is 5.69 Å². The van der Waals surface area contributed by atoms with Crippen molar-refractivity contribution in [1.82, 2.24) is 4.57 Å². The van der Waals surface area contributed by atoms with Gasteiger partial charge in [0.2, 0.25) is 0 Å². The first-order valence-corrected chi connectivity index (χ1v) is 6.86. The van der Waals surface area contributed by atoms with E-state index in [9.17, 15) is 18.3 Å². The van der Waals surface area contributed by atoms with Crippen LogP contribution >= 0.6 is 11.6 Å². The number of nitrogens with zero attached hydrogens (tertiary/aromatic N) is 1. The van der Waals surface area contributed by atoms with E-state index in [1.54, 1.807) is 34.9 Å². The Morgan fingerprint density at radius 1 is 1.05 bits per heavy atom. The molecule has 0 amide bonds. The maximum Gasteiger partial charge on any atom is 0.416 e. The van der Waals surface area contributed by atoms with E-state index >= 15 is 0 Å². The number of hydrogen-bond donors (Lipinski definition) is 1. The molecule has 6 heteroatoms. The van der Waals surface area contributed by atoms with Crippen molar-refractivity contribution in [2.24, 2.45) is 0 Å². The van der Waals surface area contributed by atoms with Gasteiger partial charge in [-0.2, -0.15) is 13.2 Å². The fraction of sp³-hybridized carbons (Fsp3) is 0.125. The van der Waals surface area contributed by atoms with E-state index in [2.05, 4.69) is 0 Å². The Hall–Kier alpha value is -1.98. The van der Waals surface area contributed by atoms with E-state index < -0.39 is 11.7 Å². The number of fused-ring (bicyclic) bond motifs is 1. The lowest BCUT2D eigenvalue weighted by Gasteiger charge is -2.13. The summed E-state index contributed by atoms with van der Waals surface area (Å²) in [5.74, 6) is 0. The first-order chi connectivity index (χ1) is 10.4. The Labute approximate surface area is 129 Å². The molecule has 1 heterocycles. The maximum absolute atomic E-state index is 12.9. The predicted molar refractivity (Wildman–Crippen MR) is 79.2 cm³/mol. The number of halogens is 4.